The van der Waals surface area contributed by atoms with Crippen LogP contribution in [0.2, 0.25) is 0 Å². The topological polar surface area (TPSA) is 36.7 Å². The van der Waals surface area contributed by atoms with E-state index in [0.717, 1.165) is 40.9 Å². The number of nitrogens with zero attached hydrogens (tertiary/aromatic N) is 2. The molecule has 0 saturated heterocycles. The molecule has 0 N–H and O–H groups in total. The van der Waals surface area contributed by atoms with Crippen LogP contribution < -0.4 is 0 Å². The zero-order chi connectivity index (χ0) is 18.9. The van der Waals surface area contributed by atoms with Gasteiger partial charge in [-0.05, 0) is 63.0 Å². The van der Waals surface area contributed by atoms with Crippen molar-refractivity contribution in [3.63, 3.8) is 0 Å². The molecule has 26 heavy (non-hydrogen) atoms. The number of aryl methyl sites for hydroxylation is 2. The summed E-state index contributed by atoms with van der Waals surface area (Å²) < 4.78 is 13.5. The maximum Gasteiger partial charge on any atom is 0.123 e. The lowest BCUT2D eigenvalue weighted by atomic mass is 10.0. The van der Waals surface area contributed by atoms with Gasteiger partial charge in [0.15, 0.2) is 0 Å². The van der Waals surface area contributed by atoms with Crippen LogP contribution in [0, 0.1) is 18.3 Å². The third kappa shape index (κ3) is 5.26. The Morgan fingerprint density at radius 1 is 1.27 bits per heavy atom. The largest absolute Gasteiger partial charge is 0.253 e. The molecule has 0 amide bonds. The standard InChI is InChI=1S/C23H23FN2/c1-4-8-20(24)15-17(2)9-7-12-22-18(3)13-14-23(26-22)21-11-6-5-10-19(21)16-25/h4-6,8,10-11,13-15H,2,7,9,12H2,1,3H3/b8-4-,20-15+. The summed E-state index contributed by atoms with van der Waals surface area (Å²) in [6, 6.07) is 13.7. The Morgan fingerprint density at radius 3 is 2.77 bits per heavy atom. The van der Waals surface area contributed by atoms with Gasteiger partial charge in [0.25, 0.3) is 0 Å². The number of nitriles is 1. The third-order valence-electron chi connectivity index (χ3n) is 4.10. The van der Waals surface area contributed by atoms with E-state index in [0.29, 0.717) is 12.0 Å². The van der Waals surface area contributed by atoms with Gasteiger partial charge in [-0.1, -0.05) is 42.5 Å². The molecule has 0 fully saturated rings. The first-order valence-corrected chi connectivity index (χ1v) is 8.69. The van der Waals surface area contributed by atoms with Crippen LogP contribution in [0.5, 0.6) is 0 Å². The fourth-order valence-electron chi connectivity index (χ4n) is 2.74. The quantitative estimate of drug-likeness (QED) is 0.557. The Labute approximate surface area is 155 Å². The van der Waals surface area contributed by atoms with Crippen molar-refractivity contribution in [2.24, 2.45) is 0 Å². The van der Waals surface area contributed by atoms with Crippen LogP contribution in [0.25, 0.3) is 11.3 Å². The van der Waals surface area contributed by atoms with Gasteiger partial charge in [-0.2, -0.15) is 5.26 Å². The van der Waals surface area contributed by atoms with E-state index in [1.807, 2.05) is 37.3 Å². The van der Waals surface area contributed by atoms with Crippen molar-refractivity contribution in [3.05, 3.63) is 89.4 Å². The van der Waals surface area contributed by atoms with Crippen molar-refractivity contribution in [1.29, 1.82) is 5.26 Å². The minimum absolute atomic E-state index is 0.276. The molecule has 0 saturated carbocycles. The number of hydrogen-bond donors (Lipinski definition) is 0. The Kier molecular flexibility index (Phi) is 7.05. The van der Waals surface area contributed by atoms with Crippen LogP contribution >= 0.6 is 0 Å². The number of rotatable bonds is 7. The highest BCUT2D eigenvalue weighted by Gasteiger charge is 2.08. The van der Waals surface area contributed by atoms with Crippen LogP contribution in [0.3, 0.4) is 0 Å². The summed E-state index contributed by atoms with van der Waals surface area (Å²) in [4.78, 5) is 4.76. The maximum absolute atomic E-state index is 13.5. The molecule has 0 aliphatic carbocycles. The Balaban J connectivity index is 2.10. The predicted molar refractivity (Wildman–Crippen MR) is 105 cm³/mol. The highest BCUT2D eigenvalue weighted by Crippen LogP contribution is 2.23. The SMILES string of the molecule is C=C(/C=C(F)\C=C/C)CCCc1nc(-c2ccccc2C#N)ccc1C. The first kappa shape index (κ1) is 19.3. The Hall–Kier alpha value is -2.99. The third-order valence-corrected chi connectivity index (χ3v) is 4.10. The fraction of sp³-hybridized carbons (Fsp3) is 0.217. The lowest BCUT2D eigenvalue weighted by Gasteiger charge is -2.09. The molecule has 1 aromatic heterocycles. The first-order chi connectivity index (χ1) is 12.5. The van der Waals surface area contributed by atoms with Gasteiger partial charge in [-0.25, -0.2) is 4.39 Å². The fourth-order valence-corrected chi connectivity index (χ4v) is 2.74. The molecular weight excluding hydrogens is 323 g/mol. The molecule has 2 aromatic rings. The molecule has 2 nitrogen and oxygen atoms in total. The second kappa shape index (κ2) is 9.48. The molecule has 132 valence electrons. The highest BCUT2D eigenvalue weighted by molar-refractivity contribution is 5.67. The van der Waals surface area contributed by atoms with Crippen LogP contribution in [-0.4, -0.2) is 4.98 Å². The van der Waals surface area contributed by atoms with Crippen LogP contribution in [0.1, 0.15) is 36.6 Å². The van der Waals surface area contributed by atoms with Crippen molar-refractivity contribution in [1.82, 2.24) is 4.98 Å². The highest BCUT2D eigenvalue weighted by atomic mass is 19.1. The van der Waals surface area contributed by atoms with Crippen molar-refractivity contribution < 1.29 is 4.39 Å². The Morgan fingerprint density at radius 2 is 2.04 bits per heavy atom. The van der Waals surface area contributed by atoms with Crippen LogP contribution in [0.4, 0.5) is 4.39 Å². The van der Waals surface area contributed by atoms with E-state index in [9.17, 15) is 9.65 Å². The maximum atomic E-state index is 13.5. The Bertz CT molecular complexity index is 885. The number of aromatic nitrogens is 1. The number of halogens is 1. The number of benzene rings is 1. The van der Waals surface area contributed by atoms with Gasteiger partial charge in [-0.3, -0.25) is 4.98 Å². The molecule has 1 aromatic carbocycles. The monoisotopic (exact) mass is 346 g/mol. The van der Waals surface area contributed by atoms with Gasteiger partial charge in [0.1, 0.15) is 5.83 Å². The first-order valence-electron chi connectivity index (χ1n) is 8.69. The molecule has 1 heterocycles. The molecule has 0 bridgehead atoms. The van der Waals surface area contributed by atoms with Crippen molar-refractivity contribution >= 4 is 0 Å². The van der Waals surface area contributed by atoms with Crippen molar-refractivity contribution in [2.75, 3.05) is 0 Å². The van der Waals surface area contributed by atoms with Gasteiger partial charge in [-0.15, -0.1) is 0 Å². The molecule has 2 rings (SSSR count). The number of pyridine rings is 1. The van der Waals surface area contributed by atoms with Crippen molar-refractivity contribution in [2.45, 2.75) is 33.1 Å². The normalized spacial score (nSPS) is 11.5. The molecule has 0 aliphatic rings. The summed E-state index contributed by atoms with van der Waals surface area (Å²) >= 11 is 0. The summed E-state index contributed by atoms with van der Waals surface area (Å²) in [6.07, 6.45) is 6.90. The van der Waals surface area contributed by atoms with Gasteiger partial charge in [0, 0.05) is 11.3 Å². The summed E-state index contributed by atoms with van der Waals surface area (Å²) in [6.45, 7) is 7.72. The van der Waals surface area contributed by atoms with Gasteiger partial charge >= 0.3 is 0 Å². The summed E-state index contributed by atoms with van der Waals surface area (Å²) in [7, 11) is 0. The summed E-state index contributed by atoms with van der Waals surface area (Å²) in [5, 5.41) is 9.29. The summed E-state index contributed by atoms with van der Waals surface area (Å²) in [5.74, 6) is -0.276. The summed E-state index contributed by atoms with van der Waals surface area (Å²) in [5.41, 5.74) is 5.15. The van der Waals surface area contributed by atoms with E-state index >= 15 is 0 Å². The molecule has 3 heteroatoms. The lowest BCUT2D eigenvalue weighted by molar-refractivity contribution is 0.663. The van der Waals surface area contributed by atoms with Gasteiger partial charge in [0.2, 0.25) is 0 Å². The molecule has 0 unspecified atom stereocenters. The van der Waals surface area contributed by atoms with E-state index in [2.05, 4.69) is 12.6 Å². The van der Waals surface area contributed by atoms with E-state index in [4.69, 9.17) is 4.98 Å². The molecule has 0 radical (unpaired) electrons. The number of allylic oxidation sites excluding steroid dienone is 5. The van der Waals surface area contributed by atoms with Crippen molar-refractivity contribution in [3.8, 4) is 17.3 Å². The number of hydrogen-bond acceptors (Lipinski definition) is 2. The van der Waals surface area contributed by atoms with Gasteiger partial charge < -0.3 is 0 Å². The molecule has 0 atom stereocenters. The molecule has 0 spiro atoms. The van der Waals surface area contributed by atoms with E-state index < -0.39 is 0 Å². The smallest absolute Gasteiger partial charge is 0.123 e. The second-order valence-corrected chi connectivity index (χ2v) is 6.16. The minimum Gasteiger partial charge on any atom is -0.253 e. The average molecular weight is 346 g/mol. The molecular formula is C23H23FN2. The second-order valence-electron chi connectivity index (χ2n) is 6.16. The van der Waals surface area contributed by atoms with E-state index in [1.54, 1.807) is 19.1 Å². The zero-order valence-corrected chi connectivity index (χ0v) is 15.3. The van der Waals surface area contributed by atoms with Crippen LogP contribution in [-0.2, 0) is 6.42 Å². The lowest BCUT2D eigenvalue weighted by Crippen LogP contribution is -1.98. The zero-order valence-electron chi connectivity index (χ0n) is 15.3. The predicted octanol–water partition coefficient (Wildman–Crippen LogP) is 6.24. The van der Waals surface area contributed by atoms with Gasteiger partial charge in [0.05, 0.1) is 17.3 Å². The van der Waals surface area contributed by atoms with E-state index in [1.165, 1.54) is 12.2 Å². The van der Waals surface area contributed by atoms with Crippen LogP contribution in [0.15, 0.2) is 72.6 Å². The average Bonchev–Trinajstić information content (AvgIpc) is 2.63. The minimum atomic E-state index is -0.276. The molecule has 0 aliphatic heterocycles. The van der Waals surface area contributed by atoms with E-state index in [-0.39, 0.29) is 5.83 Å².